The van der Waals surface area contributed by atoms with Crippen LogP contribution in [0.2, 0.25) is 0 Å². The van der Waals surface area contributed by atoms with Gasteiger partial charge in [0, 0.05) is 25.1 Å². The molecule has 38 heavy (non-hydrogen) atoms. The molecule has 2 aliphatic carbocycles. The first-order valence-corrected chi connectivity index (χ1v) is 14.0. The van der Waals surface area contributed by atoms with Gasteiger partial charge in [0.05, 0.1) is 17.5 Å². The van der Waals surface area contributed by atoms with E-state index in [-0.39, 0.29) is 30.1 Å². The summed E-state index contributed by atoms with van der Waals surface area (Å²) in [6.07, 6.45) is 6.45. The summed E-state index contributed by atoms with van der Waals surface area (Å²) in [7, 11) is 2.15. The van der Waals surface area contributed by atoms with Crippen LogP contribution in [-0.2, 0) is 26.2 Å². The van der Waals surface area contributed by atoms with Crippen molar-refractivity contribution >= 4 is 18.0 Å². The van der Waals surface area contributed by atoms with Crippen molar-refractivity contribution < 1.29 is 19.1 Å². The van der Waals surface area contributed by atoms with E-state index in [2.05, 4.69) is 44.0 Å². The van der Waals surface area contributed by atoms with Crippen LogP contribution in [0.25, 0.3) is 6.08 Å². The Morgan fingerprint density at radius 3 is 2.68 bits per heavy atom. The summed E-state index contributed by atoms with van der Waals surface area (Å²) in [6, 6.07) is 16.2. The molecule has 4 aliphatic rings. The lowest BCUT2D eigenvalue weighted by atomic mass is 9.48. The monoisotopic (exact) mass is 514 g/mol. The molecule has 200 valence electrons. The molecule has 2 unspecified atom stereocenters. The Hall–Kier alpha value is -3.12. The van der Waals surface area contributed by atoms with Crippen molar-refractivity contribution in [3.05, 3.63) is 71.3 Å². The zero-order valence-electron chi connectivity index (χ0n) is 22.9. The lowest BCUT2D eigenvalue weighted by Crippen LogP contribution is -2.79. The summed E-state index contributed by atoms with van der Waals surface area (Å²) in [5.74, 6) is 0.966. The Labute approximate surface area is 225 Å². The van der Waals surface area contributed by atoms with Crippen LogP contribution in [0.3, 0.4) is 0 Å². The first-order chi connectivity index (χ1) is 18.3. The maximum absolute atomic E-state index is 13.8. The minimum Gasteiger partial charge on any atom is -0.487 e. The summed E-state index contributed by atoms with van der Waals surface area (Å²) in [5, 5.41) is 0. The maximum atomic E-state index is 13.8. The van der Waals surface area contributed by atoms with Crippen LogP contribution in [0.4, 0.5) is 0 Å². The normalized spacial score (nSPS) is 31.1. The van der Waals surface area contributed by atoms with E-state index in [1.807, 2.05) is 41.3 Å². The van der Waals surface area contributed by atoms with Gasteiger partial charge in [0.2, 0.25) is 5.91 Å². The van der Waals surface area contributed by atoms with Crippen LogP contribution >= 0.6 is 0 Å². The summed E-state index contributed by atoms with van der Waals surface area (Å²) in [5.41, 5.74) is 2.37. The minimum absolute atomic E-state index is 0.00371. The molecule has 2 bridgehead atoms. The third-order valence-corrected chi connectivity index (χ3v) is 9.35. The first-order valence-electron chi connectivity index (χ1n) is 14.0. The highest BCUT2D eigenvalue weighted by molar-refractivity contribution is 5.92. The highest BCUT2D eigenvalue weighted by Gasteiger charge is 2.75. The Balaban J connectivity index is 1.45. The molecule has 1 amide bonds. The van der Waals surface area contributed by atoms with Crippen molar-refractivity contribution in [1.82, 2.24) is 9.80 Å². The molecule has 2 fully saturated rings. The lowest BCUT2D eigenvalue weighted by molar-refractivity contribution is -0.221. The molecule has 2 aromatic rings. The molecule has 1 saturated heterocycles. The molecule has 0 radical (unpaired) electrons. The quantitative estimate of drug-likeness (QED) is 0.416. The largest absolute Gasteiger partial charge is 0.487 e. The number of benzene rings is 2. The van der Waals surface area contributed by atoms with Gasteiger partial charge in [0.1, 0.15) is 17.5 Å². The molecule has 6 rings (SSSR count). The number of carbonyl (C=O) groups is 2. The zero-order chi connectivity index (χ0) is 26.7. The summed E-state index contributed by atoms with van der Waals surface area (Å²) < 4.78 is 13.3. The Bertz CT molecular complexity index is 1270. The standard InChI is InChI=1S/C32H38N2O4/c1-21(2)20-34(28(36)14-13-23-9-6-5-7-10-23)25-15-16-32(38-22(3)35)27-19-24-11-8-12-26-29(24)31(32,30(25)37-26)17-18-33(27)4/h5-14,21,25,27,30H,15-20H2,1-4H3/b14-13+/t25?,27-,30?,31+,32-/m1/s1. The smallest absolute Gasteiger partial charge is 0.303 e. The van der Waals surface area contributed by atoms with Gasteiger partial charge in [-0.1, -0.05) is 56.3 Å². The minimum atomic E-state index is -0.668. The number of likely N-dealkylation sites (tertiary alicyclic amines) is 1. The molecule has 1 saturated carbocycles. The number of carbonyl (C=O) groups excluding carboxylic acids is 2. The summed E-state index contributed by atoms with van der Waals surface area (Å²) in [6.45, 7) is 7.38. The van der Waals surface area contributed by atoms with Gasteiger partial charge in [0.15, 0.2) is 0 Å². The van der Waals surface area contributed by atoms with Crippen molar-refractivity contribution in [3.8, 4) is 5.75 Å². The molecule has 5 atom stereocenters. The van der Waals surface area contributed by atoms with Crippen LogP contribution in [0.15, 0.2) is 54.6 Å². The average molecular weight is 515 g/mol. The molecule has 2 heterocycles. The van der Waals surface area contributed by atoms with Gasteiger partial charge in [-0.05, 0) is 68.5 Å². The fraction of sp³-hybridized carbons (Fsp3) is 0.500. The molecule has 2 aliphatic heterocycles. The average Bonchev–Trinajstić information content (AvgIpc) is 3.23. The Morgan fingerprint density at radius 2 is 1.95 bits per heavy atom. The number of piperidine rings is 1. The lowest BCUT2D eigenvalue weighted by Gasteiger charge is -2.65. The van der Waals surface area contributed by atoms with E-state index in [1.54, 1.807) is 6.08 Å². The van der Waals surface area contributed by atoms with Crippen LogP contribution in [-0.4, -0.2) is 65.6 Å². The van der Waals surface area contributed by atoms with Crippen LogP contribution < -0.4 is 4.74 Å². The number of hydrogen-bond acceptors (Lipinski definition) is 5. The maximum Gasteiger partial charge on any atom is 0.303 e. The Morgan fingerprint density at radius 1 is 1.16 bits per heavy atom. The van der Waals surface area contributed by atoms with Gasteiger partial charge in [0.25, 0.3) is 0 Å². The molecule has 1 spiro atoms. The number of likely N-dealkylation sites (N-methyl/N-ethyl adjacent to an activating group) is 1. The van der Waals surface area contributed by atoms with Crippen molar-refractivity contribution in [2.75, 3.05) is 20.1 Å². The first kappa shape index (κ1) is 25.2. The summed E-state index contributed by atoms with van der Waals surface area (Å²) >= 11 is 0. The topological polar surface area (TPSA) is 59.1 Å². The number of esters is 1. The molecular weight excluding hydrogens is 476 g/mol. The van der Waals surface area contributed by atoms with E-state index in [0.29, 0.717) is 18.9 Å². The van der Waals surface area contributed by atoms with Crippen molar-refractivity contribution in [2.24, 2.45) is 5.92 Å². The molecule has 0 N–H and O–H groups in total. The predicted octanol–water partition coefficient (Wildman–Crippen LogP) is 4.61. The van der Waals surface area contributed by atoms with Crippen molar-refractivity contribution in [2.45, 2.75) is 75.7 Å². The van der Waals surface area contributed by atoms with Gasteiger partial charge >= 0.3 is 5.97 Å². The van der Waals surface area contributed by atoms with Crippen molar-refractivity contribution in [1.29, 1.82) is 0 Å². The number of rotatable bonds is 6. The van der Waals surface area contributed by atoms with Crippen LogP contribution in [0.1, 0.15) is 56.7 Å². The molecule has 0 aromatic heterocycles. The van der Waals surface area contributed by atoms with Crippen molar-refractivity contribution in [3.63, 3.8) is 0 Å². The molecule has 2 aromatic carbocycles. The number of nitrogens with zero attached hydrogens (tertiary/aromatic N) is 2. The number of amides is 1. The SMILES string of the molecule is CC(=O)O[C@@]12CCC(N(CC(C)C)C(=O)/C=C/c3ccccc3)C3Oc4cccc5c4[C@@]31CCN(C)[C@@H]2C5. The fourth-order valence-corrected chi connectivity index (χ4v) is 8.06. The molecule has 6 nitrogen and oxygen atoms in total. The van der Waals surface area contributed by atoms with E-state index in [0.717, 1.165) is 37.1 Å². The summed E-state index contributed by atoms with van der Waals surface area (Å²) in [4.78, 5) is 30.9. The van der Waals surface area contributed by atoms with E-state index in [4.69, 9.17) is 9.47 Å². The molecule has 6 heteroatoms. The second-order valence-corrected chi connectivity index (χ2v) is 12.0. The van der Waals surface area contributed by atoms with Gasteiger partial charge in [-0.2, -0.15) is 0 Å². The van der Waals surface area contributed by atoms with E-state index >= 15 is 0 Å². The predicted molar refractivity (Wildman–Crippen MR) is 147 cm³/mol. The van der Waals surface area contributed by atoms with E-state index in [1.165, 1.54) is 18.1 Å². The molecular formula is C32H38N2O4. The van der Waals surface area contributed by atoms with E-state index in [9.17, 15) is 9.59 Å². The fourth-order valence-electron chi connectivity index (χ4n) is 8.06. The Kier molecular flexibility index (Phi) is 6.14. The number of hydrogen-bond donors (Lipinski definition) is 0. The van der Waals surface area contributed by atoms with E-state index < -0.39 is 11.0 Å². The second-order valence-electron chi connectivity index (χ2n) is 12.0. The highest BCUT2D eigenvalue weighted by atomic mass is 16.6. The highest BCUT2D eigenvalue weighted by Crippen LogP contribution is 2.65. The number of ether oxygens (including phenoxy) is 2. The van der Waals surface area contributed by atoms with Gasteiger partial charge in [-0.25, -0.2) is 0 Å². The van der Waals surface area contributed by atoms with Gasteiger partial charge in [-0.3, -0.25) is 14.5 Å². The van der Waals surface area contributed by atoms with Crippen LogP contribution in [0, 0.1) is 5.92 Å². The van der Waals surface area contributed by atoms with Gasteiger partial charge in [-0.15, -0.1) is 0 Å². The van der Waals surface area contributed by atoms with Gasteiger partial charge < -0.3 is 14.4 Å². The second kappa shape index (κ2) is 9.26. The van der Waals surface area contributed by atoms with Crippen LogP contribution in [0.5, 0.6) is 5.75 Å². The third kappa shape index (κ3) is 3.64. The zero-order valence-corrected chi connectivity index (χ0v) is 22.9. The third-order valence-electron chi connectivity index (χ3n) is 9.35.